The summed E-state index contributed by atoms with van der Waals surface area (Å²) in [6.45, 7) is -0.151. The van der Waals surface area contributed by atoms with E-state index in [1.54, 1.807) is 42.5 Å². The first kappa shape index (κ1) is 14.7. The van der Waals surface area contributed by atoms with Crippen LogP contribution in [0.5, 0.6) is 0 Å². The van der Waals surface area contributed by atoms with E-state index in [4.69, 9.17) is 0 Å². The van der Waals surface area contributed by atoms with Crippen LogP contribution in [0.4, 0.5) is 0 Å². The van der Waals surface area contributed by atoms with Crippen molar-refractivity contribution >= 4 is 27.7 Å². The molecule has 2 aromatic carbocycles. The predicted octanol–water partition coefficient (Wildman–Crippen LogP) is 2.82. The molecule has 0 radical (unpaired) electrons. The number of hydrogen-bond acceptors (Lipinski definition) is 3. The van der Waals surface area contributed by atoms with Crippen molar-refractivity contribution in [2.24, 2.45) is 0 Å². The molecular weight excluding hydrogens is 348 g/mol. The van der Waals surface area contributed by atoms with Crippen LogP contribution in [0.3, 0.4) is 0 Å². The average molecular weight is 361 g/mol. The Hall–Kier alpha value is -2.18. The first-order valence-electron chi connectivity index (χ1n) is 6.70. The zero-order valence-corrected chi connectivity index (χ0v) is 13.1. The third-order valence-electron chi connectivity index (χ3n) is 3.52. The van der Waals surface area contributed by atoms with Crippen LogP contribution in [-0.2, 0) is 4.79 Å². The van der Waals surface area contributed by atoms with Gasteiger partial charge in [-0.3, -0.25) is 14.8 Å². The van der Waals surface area contributed by atoms with E-state index in [1.807, 2.05) is 12.1 Å². The number of halogens is 1. The fourth-order valence-electron chi connectivity index (χ4n) is 2.49. The lowest BCUT2D eigenvalue weighted by molar-refractivity contribution is -0.168. The molecule has 6 heteroatoms. The van der Waals surface area contributed by atoms with Crippen molar-refractivity contribution in [2.75, 3.05) is 6.54 Å². The van der Waals surface area contributed by atoms with Gasteiger partial charge in [0.25, 0.3) is 11.8 Å². The molecule has 1 N–H and O–H groups in total. The maximum atomic E-state index is 12.6. The molecule has 0 aromatic heterocycles. The molecule has 0 aliphatic carbocycles. The van der Waals surface area contributed by atoms with Gasteiger partial charge in [-0.2, -0.15) is 5.06 Å². The quantitative estimate of drug-likeness (QED) is 0.837. The zero-order chi connectivity index (χ0) is 15.7. The van der Waals surface area contributed by atoms with E-state index in [9.17, 15) is 14.8 Å². The Bertz CT molecular complexity index is 720. The Labute approximate surface area is 135 Å². The van der Waals surface area contributed by atoms with Crippen LogP contribution in [0, 0.1) is 0 Å². The zero-order valence-electron chi connectivity index (χ0n) is 11.5. The molecule has 2 amide bonds. The van der Waals surface area contributed by atoms with Gasteiger partial charge in [-0.25, -0.2) is 0 Å². The largest absolute Gasteiger partial charge is 0.302 e. The first-order chi connectivity index (χ1) is 10.6. The molecule has 0 spiro atoms. The van der Waals surface area contributed by atoms with E-state index in [0.29, 0.717) is 16.2 Å². The van der Waals surface area contributed by atoms with Crippen LogP contribution in [0.15, 0.2) is 59.1 Å². The maximum absolute atomic E-state index is 12.6. The Morgan fingerprint density at radius 3 is 2.55 bits per heavy atom. The van der Waals surface area contributed by atoms with E-state index in [0.717, 1.165) is 4.47 Å². The second kappa shape index (κ2) is 5.90. The summed E-state index contributed by atoms with van der Waals surface area (Å²) < 4.78 is 0.810. The number of hydrogen-bond donors (Lipinski definition) is 1. The van der Waals surface area contributed by atoms with Crippen molar-refractivity contribution in [3.63, 3.8) is 0 Å². The van der Waals surface area contributed by atoms with Crippen molar-refractivity contribution in [3.8, 4) is 0 Å². The van der Waals surface area contributed by atoms with Crippen molar-refractivity contribution < 1.29 is 14.8 Å². The minimum atomic E-state index is -0.822. The Morgan fingerprint density at radius 1 is 1.14 bits per heavy atom. The van der Waals surface area contributed by atoms with Gasteiger partial charge >= 0.3 is 0 Å². The van der Waals surface area contributed by atoms with Gasteiger partial charge < -0.3 is 4.90 Å². The maximum Gasteiger partial charge on any atom is 0.267 e. The molecule has 1 atom stereocenters. The minimum absolute atomic E-state index is 0.151. The fourth-order valence-corrected chi connectivity index (χ4v) is 2.91. The molecule has 112 valence electrons. The van der Waals surface area contributed by atoms with Gasteiger partial charge in [-0.05, 0) is 29.8 Å². The number of hydroxylamine groups is 2. The Morgan fingerprint density at radius 2 is 1.86 bits per heavy atom. The number of amides is 2. The third kappa shape index (κ3) is 2.63. The van der Waals surface area contributed by atoms with Crippen LogP contribution in [-0.4, -0.2) is 33.5 Å². The normalized spacial score (nSPS) is 17.9. The Balaban J connectivity index is 1.99. The summed E-state index contributed by atoms with van der Waals surface area (Å²) >= 11 is 3.36. The number of rotatable bonds is 2. The topological polar surface area (TPSA) is 60.9 Å². The van der Waals surface area contributed by atoms with E-state index in [1.165, 1.54) is 4.90 Å². The highest BCUT2D eigenvalue weighted by molar-refractivity contribution is 9.10. The highest BCUT2D eigenvalue weighted by Crippen LogP contribution is 2.31. The summed E-state index contributed by atoms with van der Waals surface area (Å²) in [5.74, 6) is -0.801. The first-order valence-corrected chi connectivity index (χ1v) is 7.49. The lowest BCUT2D eigenvalue weighted by atomic mass is 10.1. The second-order valence-electron chi connectivity index (χ2n) is 4.97. The Kier molecular flexibility index (Phi) is 3.96. The van der Waals surface area contributed by atoms with Crippen molar-refractivity contribution in [3.05, 3.63) is 70.2 Å². The standard InChI is InChI=1S/C16H13BrN2O3/c17-13-8-4-7-12(9-13)15-18(10-14(20)19(15)22)16(21)11-5-2-1-3-6-11/h1-9,15,22H,10H2/t15-/m0/s1. The minimum Gasteiger partial charge on any atom is -0.302 e. The summed E-state index contributed by atoms with van der Waals surface area (Å²) in [4.78, 5) is 25.9. The molecule has 0 saturated carbocycles. The van der Waals surface area contributed by atoms with Gasteiger partial charge in [-0.15, -0.1) is 0 Å². The molecule has 2 aromatic rings. The SMILES string of the molecule is O=C1CN(C(=O)c2ccccc2)[C@H](c2cccc(Br)c2)N1O. The molecule has 1 fully saturated rings. The number of benzene rings is 2. The molecule has 22 heavy (non-hydrogen) atoms. The molecule has 1 heterocycles. The monoisotopic (exact) mass is 360 g/mol. The van der Waals surface area contributed by atoms with Crippen molar-refractivity contribution in [1.82, 2.24) is 9.96 Å². The lowest BCUT2D eigenvalue weighted by Crippen LogP contribution is -2.34. The average Bonchev–Trinajstić information content (AvgIpc) is 2.83. The van der Waals surface area contributed by atoms with E-state index >= 15 is 0 Å². The van der Waals surface area contributed by atoms with Gasteiger partial charge in [0.2, 0.25) is 0 Å². The highest BCUT2D eigenvalue weighted by Gasteiger charge is 2.41. The van der Waals surface area contributed by atoms with Gasteiger partial charge in [-0.1, -0.05) is 46.3 Å². The van der Waals surface area contributed by atoms with Crippen LogP contribution in [0.2, 0.25) is 0 Å². The molecule has 0 bridgehead atoms. The number of carbonyl (C=O) groups is 2. The van der Waals surface area contributed by atoms with Gasteiger partial charge in [0.1, 0.15) is 6.54 Å². The summed E-state index contributed by atoms with van der Waals surface area (Å²) in [5.41, 5.74) is 1.14. The predicted molar refractivity (Wildman–Crippen MR) is 83.0 cm³/mol. The van der Waals surface area contributed by atoms with Gasteiger partial charge in [0.15, 0.2) is 6.17 Å². The number of carbonyl (C=O) groups excluding carboxylic acids is 2. The molecule has 1 saturated heterocycles. The molecular formula is C16H13BrN2O3. The summed E-state index contributed by atoms with van der Waals surface area (Å²) in [6.07, 6.45) is -0.822. The third-order valence-corrected chi connectivity index (χ3v) is 4.01. The fraction of sp³-hybridized carbons (Fsp3) is 0.125. The molecule has 1 aliphatic rings. The van der Waals surface area contributed by atoms with E-state index in [-0.39, 0.29) is 12.5 Å². The van der Waals surface area contributed by atoms with Crippen molar-refractivity contribution in [2.45, 2.75) is 6.17 Å². The van der Waals surface area contributed by atoms with Crippen LogP contribution in [0.1, 0.15) is 22.1 Å². The van der Waals surface area contributed by atoms with Gasteiger partial charge in [0.05, 0.1) is 0 Å². The molecule has 3 rings (SSSR count). The van der Waals surface area contributed by atoms with Crippen LogP contribution in [0.25, 0.3) is 0 Å². The van der Waals surface area contributed by atoms with Crippen molar-refractivity contribution in [1.29, 1.82) is 0 Å². The van der Waals surface area contributed by atoms with Crippen LogP contribution >= 0.6 is 15.9 Å². The highest BCUT2D eigenvalue weighted by atomic mass is 79.9. The lowest BCUT2D eigenvalue weighted by Gasteiger charge is -2.26. The van der Waals surface area contributed by atoms with E-state index < -0.39 is 12.1 Å². The molecule has 0 unspecified atom stereocenters. The summed E-state index contributed by atoms with van der Waals surface area (Å²) in [6, 6.07) is 15.9. The molecule has 5 nitrogen and oxygen atoms in total. The summed E-state index contributed by atoms with van der Waals surface area (Å²) in [5, 5.41) is 10.7. The smallest absolute Gasteiger partial charge is 0.267 e. The van der Waals surface area contributed by atoms with Crippen LogP contribution < -0.4 is 0 Å². The second-order valence-corrected chi connectivity index (χ2v) is 5.88. The summed E-state index contributed by atoms with van der Waals surface area (Å²) in [7, 11) is 0. The van der Waals surface area contributed by atoms with E-state index in [2.05, 4.69) is 15.9 Å². The molecule has 1 aliphatic heterocycles. The number of nitrogens with zero attached hydrogens (tertiary/aromatic N) is 2. The van der Waals surface area contributed by atoms with Gasteiger partial charge in [0, 0.05) is 10.0 Å².